The lowest BCUT2D eigenvalue weighted by Crippen LogP contribution is -1.81. The maximum absolute atomic E-state index is 8.70. The van der Waals surface area contributed by atoms with Crippen molar-refractivity contribution in [2.75, 3.05) is 16.8 Å². The Labute approximate surface area is 123 Å². The summed E-state index contributed by atoms with van der Waals surface area (Å²) in [6, 6.07) is 14.2. The largest absolute Gasteiger partial charge is 0.508 e. The third-order valence-electron chi connectivity index (χ3n) is 1.97. The molecule has 104 valence electrons. The van der Waals surface area contributed by atoms with E-state index in [-0.39, 0.29) is 11.1 Å². The summed E-state index contributed by atoms with van der Waals surface area (Å²) in [4.78, 5) is 0. The van der Waals surface area contributed by atoms with Crippen molar-refractivity contribution in [3.05, 3.63) is 54.1 Å². The molecule has 0 fully saturated rings. The smallest absolute Gasteiger partial charge is 0.115 e. The molecule has 0 aliphatic rings. The zero-order valence-electron chi connectivity index (χ0n) is 10.7. The summed E-state index contributed by atoms with van der Waals surface area (Å²) in [6.07, 6.45) is 0. The molecule has 3 nitrogen and oxygen atoms in total. The molecule has 5 N–H and O–H groups in total. The van der Waals surface area contributed by atoms with Gasteiger partial charge in [-0.25, -0.2) is 0 Å². The first-order valence-electron chi connectivity index (χ1n) is 5.48. The van der Waals surface area contributed by atoms with E-state index in [0.717, 1.165) is 5.69 Å². The maximum atomic E-state index is 8.70. The first-order valence-corrected chi connectivity index (χ1v) is 6.55. The van der Waals surface area contributed by atoms with E-state index in [9.17, 15) is 0 Å². The zero-order chi connectivity index (χ0) is 14.7. The van der Waals surface area contributed by atoms with Crippen molar-refractivity contribution in [2.45, 2.75) is 6.92 Å². The van der Waals surface area contributed by atoms with Crippen LogP contribution in [0.5, 0.6) is 5.75 Å². The van der Waals surface area contributed by atoms with Crippen LogP contribution in [0.4, 0.5) is 11.4 Å². The highest BCUT2D eigenvalue weighted by molar-refractivity contribution is 6.40. The van der Waals surface area contributed by atoms with E-state index in [2.05, 4.69) is 0 Å². The third-order valence-corrected chi connectivity index (χ3v) is 1.97. The molecule has 0 unspecified atom stereocenters. The van der Waals surface area contributed by atoms with Crippen LogP contribution in [0, 0.1) is 6.92 Å². The molecule has 2 aromatic carbocycles. The first kappa shape index (κ1) is 17.4. The van der Waals surface area contributed by atoms with Gasteiger partial charge in [0.1, 0.15) is 5.75 Å². The summed E-state index contributed by atoms with van der Waals surface area (Å²) < 4.78 is 0. The lowest BCUT2D eigenvalue weighted by Gasteiger charge is -1.90. The fraction of sp³-hybridized carbons (Fsp3) is 0.143. The highest BCUT2D eigenvalue weighted by atomic mass is 35.5. The van der Waals surface area contributed by atoms with Gasteiger partial charge in [-0.05, 0) is 43.3 Å². The molecule has 0 amide bonds. The van der Waals surface area contributed by atoms with Gasteiger partial charge in [0.05, 0.1) is 5.34 Å². The minimum absolute atomic E-state index is 0.194. The normalized spacial score (nSPS) is 8.58. The fourth-order valence-electron chi connectivity index (χ4n) is 1.04. The minimum atomic E-state index is 0.194. The van der Waals surface area contributed by atoms with E-state index < -0.39 is 0 Å². The Morgan fingerprint density at radius 3 is 1.42 bits per heavy atom. The van der Waals surface area contributed by atoms with Crippen LogP contribution in [0.15, 0.2) is 48.5 Å². The SMILES string of the molecule is Cc1ccc(N)cc1.ClCCl.Nc1ccc(O)cc1. The van der Waals surface area contributed by atoms with Crippen LogP contribution in [0.2, 0.25) is 0 Å². The van der Waals surface area contributed by atoms with Gasteiger partial charge < -0.3 is 16.6 Å². The van der Waals surface area contributed by atoms with Gasteiger partial charge in [-0.3, -0.25) is 0 Å². The number of rotatable bonds is 0. The number of anilines is 2. The standard InChI is InChI=1S/C7H9N.C6H7NO.CH2Cl2/c1-6-2-4-7(8)5-3-6;7-5-1-3-6(8)4-2-5;2-1-3/h2-5H,8H2,1H3;1-4,8H,7H2;1H2. The average Bonchev–Trinajstić information content (AvgIpc) is 2.38. The predicted octanol–water partition coefficient (Wildman–Crippen LogP) is 3.97. The molecular formula is C14H18Cl2N2O. The van der Waals surface area contributed by atoms with E-state index in [1.807, 2.05) is 31.2 Å². The van der Waals surface area contributed by atoms with Crippen LogP contribution < -0.4 is 11.5 Å². The molecule has 5 heteroatoms. The van der Waals surface area contributed by atoms with Crippen molar-refractivity contribution < 1.29 is 5.11 Å². The van der Waals surface area contributed by atoms with Crippen molar-refractivity contribution in [2.24, 2.45) is 0 Å². The van der Waals surface area contributed by atoms with Gasteiger partial charge in [-0.1, -0.05) is 17.7 Å². The van der Waals surface area contributed by atoms with E-state index in [0.29, 0.717) is 5.69 Å². The van der Waals surface area contributed by atoms with Crippen molar-refractivity contribution in [3.63, 3.8) is 0 Å². The zero-order valence-corrected chi connectivity index (χ0v) is 12.2. The number of hydrogen-bond acceptors (Lipinski definition) is 3. The number of benzene rings is 2. The first-order chi connectivity index (χ1) is 8.99. The van der Waals surface area contributed by atoms with E-state index in [4.69, 9.17) is 39.8 Å². The van der Waals surface area contributed by atoms with Crippen molar-refractivity contribution in [1.29, 1.82) is 0 Å². The second-order valence-corrected chi connectivity index (χ2v) is 4.41. The van der Waals surface area contributed by atoms with Gasteiger partial charge in [0.15, 0.2) is 0 Å². The Morgan fingerprint density at radius 1 is 0.842 bits per heavy atom. The molecule has 0 saturated heterocycles. The number of phenols is 1. The summed E-state index contributed by atoms with van der Waals surface area (Å²) in [5, 5.41) is 8.90. The van der Waals surface area contributed by atoms with Gasteiger partial charge >= 0.3 is 0 Å². The molecule has 0 spiro atoms. The van der Waals surface area contributed by atoms with Crippen molar-refractivity contribution in [1.82, 2.24) is 0 Å². The van der Waals surface area contributed by atoms with Gasteiger partial charge in [0.2, 0.25) is 0 Å². The molecule has 0 radical (unpaired) electrons. The molecule has 19 heavy (non-hydrogen) atoms. The van der Waals surface area contributed by atoms with Crippen LogP contribution >= 0.6 is 23.2 Å². The van der Waals surface area contributed by atoms with E-state index in [1.165, 1.54) is 5.56 Å². The number of phenolic OH excluding ortho intramolecular Hbond substituents is 1. The second kappa shape index (κ2) is 10.4. The summed E-state index contributed by atoms with van der Waals surface area (Å²) in [5.41, 5.74) is 13.5. The quantitative estimate of drug-likeness (QED) is 0.391. The van der Waals surface area contributed by atoms with E-state index in [1.54, 1.807) is 24.3 Å². The molecule has 0 atom stereocenters. The minimum Gasteiger partial charge on any atom is -0.508 e. The Kier molecular flexibility index (Phi) is 9.49. The van der Waals surface area contributed by atoms with E-state index >= 15 is 0 Å². The second-order valence-electron chi connectivity index (χ2n) is 3.60. The molecule has 0 saturated carbocycles. The lowest BCUT2D eigenvalue weighted by atomic mass is 10.2. The van der Waals surface area contributed by atoms with Gasteiger partial charge in [-0.15, -0.1) is 23.2 Å². The highest BCUT2D eigenvalue weighted by Crippen LogP contribution is 2.09. The summed E-state index contributed by atoms with van der Waals surface area (Å²) in [7, 11) is 0. The highest BCUT2D eigenvalue weighted by Gasteiger charge is 1.82. The summed E-state index contributed by atoms with van der Waals surface area (Å²) in [5.74, 6) is 0.249. The molecule has 2 rings (SSSR count). The average molecular weight is 301 g/mol. The number of hydrogen-bond donors (Lipinski definition) is 3. The van der Waals surface area contributed by atoms with Crippen molar-refractivity contribution >= 4 is 34.6 Å². The molecule has 0 aliphatic heterocycles. The molecule has 2 aromatic rings. The predicted molar refractivity (Wildman–Crippen MR) is 84.7 cm³/mol. The molecule has 0 heterocycles. The van der Waals surface area contributed by atoms with Gasteiger partial charge in [-0.2, -0.15) is 0 Å². The summed E-state index contributed by atoms with van der Waals surface area (Å²) >= 11 is 9.53. The Balaban J connectivity index is 0.000000284. The van der Waals surface area contributed by atoms with Crippen LogP contribution in [0.1, 0.15) is 5.56 Å². The molecular weight excluding hydrogens is 283 g/mol. The number of alkyl halides is 2. The number of nitrogens with two attached hydrogens (primary N) is 2. The molecule has 0 bridgehead atoms. The summed E-state index contributed by atoms with van der Waals surface area (Å²) in [6.45, 7) is 2.04. The Bertz CT molecular complexity index is 359. The molecule has 0 aromatic heterocycles. The molecule has 0 aliphatic carbocycles. The monoisotopic (exact) mass is 300 g/mol. The van der Waals surface area contributed by atoms with Gasteiger partial charge in [0.25, 0.3) is 0 Å². The topological polar surface area (TPSA) is 72.3 Å². The number of halogens is 2. The van der Waals surface area contributed by atoms with Crippen LogP contribution in [0.3, 0.4) is 0 Å². The Morgan fingerprint density at radius 2 is 1.16 bits per heavy atom. The lowest BCUT2D eigenvalue weighted by molar-refractivity contribution is 0.475. The maximum Gasteiger partial charge on any atom is 0.115 e. The third kappa shape index (κ3) is 10.1. The van der Waals surface area contributed by atoms with Crippen LogP contribution in [0.25, 0.3) is 0 Å². The number of nitrogen functional groups attached to an aromatic ring is 2. The fourth-order valence-corrected chi connectivity index (χ4v) is 1.04. The van der Waals surface area contributed by atoms with Crippen LogP contribution in [-0.4, -0.2) is 10.4 Å². The van der Waals surface area contributed by atoms with Crippen LogP contribution in [-0.2, 0) is 0 Å². The number of aryl methyl sites for hydroxylation is 1. The van der Waals surface area contributed by atoms with Crippen molar-refractivity contribution in [3.8, 4) is 5.75 Å². The van der Waals surface area contributed by atoms with Gasteiger partial charge in [0, 0.05) is 11.4 Å². The number of aromatic hydroxyl groups is 1. The Hall–Kier alpha value is -1.58.